The highest BCUT2D eigenvalue weighted by Crippen LogP contribution is 2.30. The van der Waals surface area contributed by atoms with E-state index in [1.165, 1.54) is 24.3 Å². The first-order chi connectivity index (χ1) is 12.5. The molecule has 1 aromatic heterocycles. The fraction of sp³-hybridized carbons (Fsp3) is 0.250. The Morgan fingerprint density at radius 2 is 1.81 bits per heavy atom. The summed E-state index contributed by atoms with van der Waals surface area (Å²) in [5.74, 6) is -0.914. The van der Waals surface area contributed by atoms with Crippen LogP contribution in [0.25, 0.3) is 21.9 Å². The molecule has 2 aromatic carbocycles. The molecule has 0 saturated carbocycles. The van der Waals surface area contributed by atoms with Gasteiger partial charge < -0.3 is 14.3 Å². The van der Waals surface area contributed by atoms with Crippen molar-refractivity contribution >= 4 is 33.7 Å². The molecule has 0 aliphatic rings. The van der Waals surface area contributed by atoms with Crippen molar-refractivity contribution in [2.45, 2.75) is 26.7 Å². The van der Waals surface area contributed by atoms with Crippen molar-refractivity contribution in [3.8, 4) is 5.75 Å². The number of ether oxygens (including phenoxy) is 1. The molecule has 1 heterocycles. The van der Waals surface area contributed by atoms with E-state index in [0.717, 1.165) is 6.42 Å². The highest BCUT2D eigenvalue weighted by Gasteiger charge is 2.17. The Morgan fingerprint density at radius 1 is 1.08 bits per heavy atom. The average Bonchev–Trinajstić information content (AvgIpc) is 2.65. The van der Waals surface area contributed by atoms with E-state index in [1.54, 1.807) is 13.0 Å². The van der Waals surface area contributed by atoms with Crippen molar-refractivity contribution in [3.05, 3.63) is 51.7 Å². The number of benzene rings is 2. The van der Waals surface area contributed by atoms with Gasteiger partial charge in [0, 0.05) is 12.0 Å². The minimum absolute atomic E-state index is 0.00704. The molecule has 6 nitrogen and oxygen atoms in total. The van der Waals surface area contributed by atoms with Gasteiger partial charge in [-0.2, -0.15) is 0 Å². The maximum absolute atomic E-state index is 12.9. The Kier molecular flexibility index (Phi) is 4.75. The summed E-state index contributed by atoms with van der Waals surface area (Å²) in [6.45, 7) is 4.10. The Labute approximate surface area is 149 Å². The van der Waals surface area contributed by atoms with E-state index in [9.17, 15) is 14.4 Å². The van der Waals surface area contributed by atoms with Crippen molar-refractivity contribution in [2.24, 2.45) is 0 Å². The Bertz CT molecular complexity index is 1080. The third kappa shape index (κ3) is 3.06. The summed E-state index contributed by atoms with van der Waals surface area (Å²) in [7, 11) is 0. The molecule has 0 amide bonds. The van der Waals surface area contributed by atoms with Crippen LogP contribution in [0.3, 0.4) is 0 Å². The summed E-state index contributed by atoms with van der Waals surface area (Å²) in [5.41, 5.74) is 0.492. The third-order valence-corrected chi connectivity index (χ3v) is 4.09. The van der Waals surface area contributed by atoms with E-state index >= 15 is 0 Å². The van der Waals surface area contributed by atoms with Crippen molar-refractivity contribution in [2.75, 3.05) is 6.61 Å². The number of hydrogen-bond donors (Lipinski definition) is 1. The lowest BCUT2D eigenvalue weighted by molar-refractivity contribution is 0.0697. The molecule has 134 valence electrons. The molecule has 1 N–H and O–H groups in total. The van der Waals surface area contributed by atoms with E-state index in [-0.39, 0.29) is 33.3 Å². The number of carboxylic acids is 1. The van der Waals surface area contributed by atoms with Gasteiger partial charge in [0.25, 0.3) is 0 Å². The number of carbonyl (C=O) groups is 2. The maximum Gasteiger partial charge on any atom is 0.335 e. The standard InChI is InChI=1S/C20H18O6/c1-3-7-25-17-10-12(15(21)4-2)9-14-18(22)13-8-11(20(23)24)5-6-16(13)26-19(14)17/h5-6,8-10H,3-4,7H2,1-2H3,(H,23,24). The van der Waals surface area contributed by atoms with Crippen LogP contribution in [0.2, 0.25) is 0 Å². The summed E-state index contributed by atoms with van der Waals surface area (Å²) in [6, 6.07) is 7.18. The van der Waals surface area contributed by atoms with Crippen LogP contribution in [0.1, 0.15) is 47.4 Å². The predicted molar refractivity (Wildman–Crippen MR) is 97.4 cm³/mol. The summed E-state index contributed by atoms with van der Waals surface area (Å²) >= 11 is 0. The topological polar surface area (TPSA) is 93.8 Å². The monoisotopic (exact) mass is 354 g/mol. The summed E-state index contributed by atoms with van der Waals surface area (Å²) in [4.78, 5) is 36.2. The van der Waals surface area contributed by atoms with Gasteiger partial charge in [0.15, 0.2) is 17.1 Å². The van der Waals surface area contributed by atoms with Gasteiger partial charge in [-0.3, -0.25) is 9.59 Å². The summed E-state index contributed by atoms with van der Waals surface area (Å²) in [6.07, 6.45) is 1.05. The van der Waals surface area contributed by atoms with Crippen LogP contribution < -0.4 is 10.2 Å². The fourth-order valence-corrected chi connectivity index (χ4v) is 2.75. The SMILES string of the molecule is CCCOc1cc(C(=O)CC)cc2c(=O)c3cc(C(=O)O)ccc3oc12. The minimum atomic E-state index is -1.13. The highest BCUT2D eigenvalue weighted by atomic mass is 16.5. The first-order valence-corrected chi connectivity index (χ1v) is 8.40. The normalized spacial score (nSPS) is 11.0. The number of ketones is 1. The molecule has 0 unspecified atom stereocenters. The zero-order chi connectivity index (χ0) is 18.8. The predicted octanol–water partition coefficient (Wildman–Crippen LogP) is 4.03. The van der Waals surface area contributed by atoms with E-state index < -0.39 is 11.4 Å². The van der Waals surface area contributed by atoms with E-state index in [4.69, 9.17) is 14.3 Å². The first kappa shape index (κ1) is 17.7. The molecule has 0 aliphatic heterocycles. The Hall–Kier alpha value is -3.15. The number of rotatable bonds is 6. The van der Waals surface area contributed by atoms with Crippen molar-refractivity contribution in [3.63, 3.8) is 0 Å². The summed E-state index contributed by atoms with van der Waals surface area (Å²) < 4.78 is 11.5. The number of carbonyl (C=O) groups excluding carboxylic acids is 1. The molecule has 0 bridgehead atoms. The molecule has 0 fully saturated rings. The number of aromatic carboxylic acids is 1. The second kappa shape index (κ2) is 7.00. The van der Waals surface area contributed by atoms with Gasteiger partial charge in [0.05, 0.1) is 22.9 Å². The van der Waals surface area contributed by atoms with Crippen molar-refractivity contribution in [1.82, 2.24) is 0 Å². The Balaban J connectivity index is 2.37. The first-order valence-electron chi connectivity index (χ1n) is 8.40. The van der Waals surface area contributed by atoms with E-state index in [2.05, 4.69) is 0 Å². The highest BCUT2D eigenvalue weighted by molar-refractivity contribution is 6.03. The molecule has 0 saturated heterocycles. The van der Waals surface area contributed by atoms with Crippen LogP contribution in [0, 0.1) is 0 Å². The average molecular weight is 354 g/mol. The fourth-order valence-electron chi connectivity index (χ4n) is 2.75. The smallest absolute Gasteiger partial charge is 0.335 e. The van der Waals surface area contributed by atoms with E-state index in [0.29, 0.717) is 24.3 Å². The van der Waals surface area contributed by atoms with Gasteiger partial charge in [-0.1, -0.05) is 13.8 Å². The number of hydrogen-bond acceptors (Lipinski definition) is 5. The van der Waals surface area contributed by atoms with Crippen LogP contribution in [0.5, 0.6) is 5.75 Å². The van der Waals surface area contributed by atoms with Crippen molar-refractivity contribution in [1.29, 1.82) is 0 Å². The molecule has 6 heteroatoms. The zero-order valence-electron chi connectivity index (χ0n) is 14.5. The van der Waals surface area contributed by atoms with Crippen LogP contribution in [0.15, 0.2) is 39.5 Å². The molecule has 0 radical (unpaired) electrons. The number of carboxylic acid groups (broad SMARTS) is 1. The van der Waals surface area contributed by atoms with Crippen LogP contribution in [-0.2, 0) is 0 Å². The molecule has 26 heavy (non-hydrogen) atoms. The van der Waals surface area contributed by atoms with Crippen molar-refractivity contribution < 1.29 is 23.8 Å². The third-order valence-electron chi connectivity index (χ3n) is 4.09. The van der Waals surface area contributed by atoms with Gasteiger partial charge in [-0.25, -0.2) is 4.79 Å². The molecule has 3 aromatic rings. The lowest BCUT2D eigenvalue weighted by Crippen LogP contribution is -2.08. The number of Topliss-reactive ketones (excluding diaryl/α,β-unsaturated/α-hetero) is 1. The number of fused-ring (bicyclic) bond motifs is 2. The van der Waals surface area contributed by atoms with E-state index in [1.807, 2.05) is 6.92 Å². The largest absolute Gasteiger partial charge is 0.490 e. The van der Waals surface area contributed by atoms with Crippen LogP contribution in [0.4, 0.5) is 0 Å². The van der Waals surface area contributed by atoms with Gasteiger partial charge >= 0.3 is 5.97 Å². The zero-order valence-corrected chi connectivity index (χ0v) is 14.5. The molecule has 0 atom stereocenters. The quantitative estimate of drug-likeness (QED) is 0.531. The van der Waals surface area contributed by atoms with Crippen LogP contribution in [-0.4, -0.2) is 23.5 Å². The Morgan fingerprint density at radius 3 is 2.46 bits per heavy atom. The second-order valence-corrected chi connectivity index (χ2v) is 5.92. The lowest BCUT2D eigenvalue weighted by Gasteiger charge is -2.11. The maximum atomic E-state index is 12.9. The molecule has 3 rings (SSSR count). The minimum Gasteiger partial charge on any atom is -0.490 e. The summed E-state index contributed by atoms with van der Waals surface area (Å²) in [5, 5.41) is 9.49. The molecular formula is C20H18O6. The molecular weight excluding hydrogens is 336 g/mol. The second-order valence-electron chi connectivity index (χ2n) is 5.92. The lowest BCUT2D eigenvalue weighted by atomic mass is 10.0. The van der Waals surface area contributed by atoms with Gasteiger partial charge in [0.2, 0.25) is 5.43 Å². The molecule has 0 spiro atoms. The van der Waals surface area contributed by atoms with Gasteiger partial charge in [0.1, 0.15) is 5.58 Å². The molecule has 0 aliphatic carbocycles. The van der Waals surface area contributed by atoms with Gasteiger partial charge in [-0.15, -0.1) is 0 Å². The van der Waals surface area contributed by atoms with Crippen LogP contribution >= 0.6 is 0 Å². The van der Waals surface area contributed by atoms with Gasteiger partial charge in [-0.05, 0) is 36.8 Å².